The Bertz CT molecular complexity index is 798. The van der Waals surface area contributed by atoms with Gasteiger partial charge in [0.2, 0.25) is 0 Å². The topological polar surface area (TPSA) is 83.1 Å². The third-order valence-electron chi connectivity index (χ3n) is 3.21. The van der Waals surface area contributed by atoms with Gasteiger partial charge in [0.25, 0.3) is 5.56 Å². The molecule has 0 saturated carbocycles. The number of carboxylic acid groups (broad SMARTS) is 1. The summed E-state index contributed by atoms with van der Waals surface area (Å²) in [6.45, 7) is 3.74. The smallest absolute Gasteiger partial charge is 0.341 e. The van der Waals surface area contributed by atoms with Crippen molar-refractivity contribution in [3.05, 3.63) is 63.1 Å². The second-order valence-corrected chi connectivity index (χ2v) is 4.45. The lowest BCUT2D eigenvalue weighted by Crippen LogP contribution is -2.25. The number of hydrogen-bond acceptors (Lipinski definition) is 3. The Morgan fingerprint density at radius 3 is 2.65 bits per heavy atom. The van der Waals surface area contributed by atoms with Crippen LogP contribution in [0.5, 0.6) is 0 Å². The van der Waals surface area contributed by atoms with Crippen LogP contribution in [0.25, 0.3) is 5.69 Å². The Morgan fingerprint density at radius 1 is 1.35 bits per heavy atom. The van der Waals surface area contributed by atoms with Gasteiger partial charge in [0, 0.05) is 6.20 Å². The second-order valence-electron chi connectivity index (χ2n) is 4.45. The quantitative estimate of drug-likeness (QED) is 0.903. The van der Waals surface area contributed by atoms with Crippen LogP contribution in [0.4, 0.5) is 0 Å². The van der Waals surface area contributed by atoms with E-state index in [2.05, 4.69) is 0 Å². The van der Waals surface area contributed by atoms with E-state index in [1.807, 2.05) is 26.0 Å². The van der Waals surface area contributed by atoms with Crippen LogP contribution in [0.15, 0.2) is 35.3 Å². The number of nitriles is 1. The molecule has 0 aliphatic rings. The van der Waals surface area contributed by atoms with Crippen molar-refractivity contribution >= 4 is 5.97 Å². The zero-order chi connectivity index (χ0) is 14.9. The molecule has 0 fully saturated rings. The molecule has 0 saturated heterocycles. The number of hydrogen-bond donors (Lipinski definition) is 1. The molecule has 1 heterocycles. The molecule has 0 aliphatic heterocycles. The average molecular weight is 268 g/mol. The Morgan fingerprint density at radius 2 is 2.05 bits per heavy atom. The van der Waals surface area contributed by atoms with Gasteiger partial charge in [-0.2, -0.15) is 5.26 Å². The molecule has 2 rings (SSSR count). The zero-order valence-corrected chi connectivity index (χ0v) is 11.0. The van der Waals surface area contributed by atoms with Gasteiger partial charge in [-0.15, -0.1) is 0 Å². The first-order valence-electron chi connectivity index (χ1n) is 5.92. The fourth-order valence-corrected chi connectivity index (χ4v) is 1.97. The minimum atomic E-state index is -1.34. The summed E-state index contributed by atoms with van der Waals surface area (Å²) in [6, 6.07) is 8.36. The molecule has 1 aromatic carbocycles. The standard InChI is InChI=1S/C15H12N2O3/c1-9-4-3-5-13(10(9)2)17-8-11(7-16)6-12(14(17)18)15(19)20/h3-6,8H,1-2H3,(H,19,20). The van der Waals surface area contributed by atoms with Gasteiger partial charge in [0.05, 0.1) is 11.3 Å². The molecule has 5 nitrogen and oxygen atoms in total. The summed E-state index contributed by atoms with van der Waals surface area (Å²) in [4.78, 5) is 23.3. The number of carboxylic acids is 1. The van der Waals surface area contributed by atoms with E-state index in [4.69, 9.17) is 10.4 Å². The summed E-state index contributed by atoms with van der Waals surface area (Å²) in [6.07, 6.45) is 1.36. The minimum absolute atomic E-state index is 0.128. The highest BCUT2D eigenvalue weighted by molar-refractivity contribution is 5.87. The molecule has 1 N–H and O–H groups in total. The third-order valence-corrected chi connectivity index (χ3v) is 3.21. The molecule has 100 valence electrons. The van der Waals surface area contributed by atoms with Crippen molar-refractivity contribution in [2.75, 3.05) is 0 Å². The van der Waals surface area contributed by atoms with Crippen LogP contribution in [-0.4, -0.2) is 15.6 Å². The van der Waals surface area contributed by atoms with Crippen molar-refractivity contribution in [3.8, 4) is 11.8 Å². The second kappa shape index (κ2) is 5.02. The van der Waals surface area contributed by atoms with Gasteiger partial charge in [0.15, 0.2) is 0 Å². The molecule has 2 aromatic rings. The van der Waals surface area contributed by atoms with E-state index < -0.39 is 17.1 Å². The molecule has 0 atom stereocenters. The average Bonchev–Trinajstić information content (AvgIpc) is 2.42. The van der Waals surface area contributed by atoms with Crippen molar-refractivity contribution in [3.63, 3.8) is 0 Å². The largest absolute Gasteiger partial charge is 0.477 e. The Balaban J connectivity index is 2.84. The monoisotopic (exact) mass is 268 g/mol. The van der Waals surface area contributed by atoms with E-state index in [0.717, 1.165) is 17.2 Å². The number of carbonyl (C=O) groups is 1. The SMILES string of the molecule is Cc1cccc(-n2cc(C#N)cc(C(=O)O)c2=O)c1C. The number of nitrogens with zero attached hydrogens (tertiary/aromatic N) is 2. The van der Waals surface area contributed by atoms with E-state index in [1.165, 1.54) is 10.8 Å². The summed E-state index contributed by atoms with van der Waals surface area (Å²) in [7, 11) is 0. The van der Waals surface area contributed by atoms with Crippen molar-refractivity contribution in [1.82, 2.24) is 4.57 Å². The first kappa shape index (κ1) is 13.6. The molecule has 5 heteroatoms. The maximum absolute atomic E-state index is 12.2. The summed E-state index contributed by atoms with van der Waals surface area (Å²) in [5, 5.41) is 18.0. The fraction of sp³-hybridized carbons (Fsp3) is 0.133. The van der Waals surface area contributed by atoms with E-state index >= 15 is 0 Å². The van der Waals surface area contributed by atoms with Crippen LogP contribution in [0.2, 0.25) is 0 Å². The molecular weight excluding hydrogens is 256 g/mol. The lowest BCUT2D eigenvalue weighted by Gasteiger charge is -2.12. The molecule has 0 spiro atoms. The van der Waals surface area contributed by atoms with Gasteiger partial charge in [-0.3, -0.25) is 9.36 Å². The molecular formula is C15H12N2O3. The highest BCUT2D eigenvalue weighted by atomic mass is 16.4. The van der Waals surface area contributed by atoms with Crippen LogP contribution in [0, 0.1) is 25.2 Å². The highest BCUT2D eigenvalue weighted by Gasteiger charge is 2.15. The van der Waals surface area contributed by atoms with E-state index in [0.29, 0.717) is 5.69 Å². The highest BCUT2D eigenvalue weighted by Crippen LogP contribution is 2.16. The normalized spacial score (nSPS) is 10.1. The van der Waals surface area contributed by atoms with Crippen molar-refractivity contribution in [1.29, 1.82) is 5.26 Å². The van der Waals surface area contributed by atoms with E-state index in [1.54, 1.807) is 12.1 Å². The van der Waals surface area contributed by atoms with Crippen molar-refractivity contribution in [2.24, 2.45) is 0 Å². The van der Waals surface area contributed by atoms with Gasteiger partial charge in [-0.1, -0.05) is 12.1 Å². The molecule has 0 radical (unpaired) electrons. The summed E-state index contributed by atoms with van der Waals surface area (Å²) in [5.74, 6) is -1.34. The van der Waals surface area contributed by atoms with Crippen LogP contribution in [0.1, 0.15) is 27.0 Å². The molecule has 1 aromatic heterocycles. The first-order chi connectivity index (χ1) is 9.45. The molecule has 20 heavy (non-hydrogen) atoms. The van der Waals surface area contributed by atoms with Gasteiger partial charge < -0.3 is 5.11 Å². The summed E-state index contributed by atoms with van der Waals surface area (Å²) >= 11 is 0. The van der Waals surface area contributed by atoms with Crippen LogP contribution < -0.4 is 5.56 Å². The molecule has 0 bridgehead atoms. The Hall–Kier alpha value is -2.87. The number of rotatable bonds is 2. The van der Waals surface area contributed by atoms with E-state index in [9.17, 15) is 9.59 Å². The van der Waals surface area contributed by atoms with Crippen LogP contribution in [0.3, 0.4) is 0 Å². The summed E-state index contributed by atoms with van der Waals surface area (Å²) in [5.41, 5.74) is 1.49. The Labute approximate surface area is 115 Å². The van der Waals surface area contributed by atoms with Gasteiger partial charge in [-0.05, 0) is 37.1 Å². The fourth-order valence-electron chi connectivity index (χ4n) is 1.97. The number of benzene rings is 1. The maximum Gasteiger partial charge on any atom is 0.341 e. The molecule has 0 amide bonds. The number of aromatic carboxylic acids is 1. The first-order valence-corrected chi connectivity index (χ1v) is 5.92. The predicted octanol–water partition coefficient (Wildman–Crippen LogP) is 2.02. The Kier molecular flexibility index (Phi) is 3.40. The number of aryl methyl sites for hydroxylation is 1. The lowest BCUT2D eigenvalue weighted by atomic mass is 10.1. The van der Waals surface area contributed by atoms with Crippen molar-refractivity contribution in [2.45, 2.75) is 13.8 Å². The number of pyridine rings is 1. The van der Waals surface area contributed by atoms with Gasteiger partial charge in [-0.25, -0.2) is 4.79 Å². The van der Waals surface area contributed by atoms with E-state index in [-0.39, 0.29) is 5.56 Å². The van der Waals surface area contributed by atoms with Gasteiger partial charge >= 0.3 is 5.97 Å². The van der Waals surface area contributed by atoms with Crippen LogP contribution >= 0.6 is 0 Å². The minimum Gasteiger partial charge on any atom is -0.477 e. The lowest BCUT2D eigenvalue weighted by molar-refractivity contribution is 0.0694. The molecule has 0 aliphatic carbocycles. The van der Waals surface area contributed by atoms with Crippen molar-refractivity contribution < 1.29 is 9.90 Å². The summed E-state index contributed by atoms with van der Waals surface area (Å²) < 4.78 is 1.21. The molecule has 0 unspecified atom stereocenters. The number of aromatic nitrogens is 1. The zero-order valence-electron chi connectivity index (χ0n) is 11.0. The van der Waals surface area contributed by atoms with Gasteiger partial charge in [0.1, 0.15) is 11.6 Å². The van der Waals surface area contributed by atoms with Crippen LogP contribution in [-0.2, 0) is 0 Å². The third kappa shape index (κ3) is 2.19. The maximum atomic E-state index is 12.2. The predicted molar refractivity (Wildman–Crippen MR) is 73.2 cm³/mol.